The van der Waals surface area contributed by atoms with Gasteiger partial charge in [0.1, 0.15) is 12.6 Å². The lowest BCUT2D eigenvalue weighted by molar-refractivity contribution is -0.139. The van der Waals surface area contributed by atoms with Crippen LogP contribution in [0.2, 0.25) is 20.1 Å². The largest absolute Gasteiger partial charge is 0.352 e. The Morgan fingerprint density at radius 3 is 2.10 bits per heavy atom. The maximum Gasteiger partial charge on any atom is 0.264 e. The highest BCUT2D eigenvalue weighted by atomic mass is 35.5. The first-order chi connectivity index (χ1) is 18.3. The van der Waals surface area contributed by atoms with E-state index in [0.29, 0.717) is 15.6 Å². The molecule has 0 radical (unpaired) electrons. The van der Waals surface area contributed by atoms with E-state index in [-0.39, 0.29) is 33.2 Å². The average molecular weight is 631 g/mol. The van der Waals surface area contributed by atoms with Crippen LogP contribution in [0.4, 0.5) is 5.69 Å². The molecule has 0 spiro atoms. The zero-order valence-corrected chi connectivity index (χ0v) is 25.2. The second-order valence-corrected chi connectivity index (χ2v) is 12.5. The molecule has 3 aromatic rings. The van der Waals surface area contributed by atoms with Crippen LogP contribution in [0.15, 0.2) is 71.6 Å². The van der Waals surface area contributed by atoms with Crippen molar-refractivity contribution >= 4 is 73.9 Å². The summed E-state index contributed by atoms with van der Waals surface area (Å²) in [6, 6.07) is 15.6. The molecule has 1 unspecified atom stereocenters. The summed E-state index contributed by atoms with van der Waals surface area (Å²) in [6.07, 6.45) is 0. The van der Waals surface area contributed by atoms with E-state index in [1.54, 1.807) is 51.1 Å². The monoisotopic (exact) mass is 629 g/mol. The van der Waals surface area contributed by atoms with E-state index in [2.05, 4.69) is 5.32 Å². The highest BCUT2D eigenvalue weighted by Gasteiger charge is 2.33. The summed E-state index contributed by atoms with van der Waals surface area (Å²) >= 11 is 24.7. The number of rotatable bonds is 10. The molecule has 0 aromatic heterocycles. The fraction of sp³-hybridized carbons (Fsp3) is 0.259. The molecule has 0 fully saturated rings. The second-order valence-electron chi connectivity index (χ2n) is 9.02. The van der Waals surface area contributed by atoms with Crippen LogP contribution in [0.5, 0.6) is 0 Å². The standard InChI is InChI=1S/C27H27Cl4N3O4S/c1-17(2)32-27(36)18(3)33(15-19-9-10-20(28)13-24(19)30)26(35)16-34(21-11-12-23(29)25(31)14-21)39(37,38)22-7-5-4-6-8-22/h4-14,17-18H,15-16H2,1-3H3,(H,32,36). The number of benzene rings is 3. The van der Waals surface area contributed by atoms with Gasteiger partial charge in [-0.25, -0.2) is 8.42 Å². The van der Waals surface area contributed by atoms with E-state index in [4.69, 9.17) is 46.4 Å². The van der Waals surface area contributed by atoms with E-state index in [1.165, 1.54) is 41.3 Å². The van der Waals surface area contributed by atoms with Gasteiger partial charge in [-0.15, -0.1) is 0 Å². The van der Waals surface area contributed by atoms with E-state index in [1.807, 2.05) is 0 Å². The van der Waals surface area contributed by atoms with Crippen molar-refractivity contribution in [1.82, 2.24) is 10.2 Å². The average Bonchev–Trinajstić information content (AvgIpc) is 2.88. The maximum absolute atomic E-state index is 13.9. The smallest absolute Gasteiger partial charge is 0.264 e. The number of hydrogen-bond donors (Lipinski definition) is 1. The SMILES string of the molecule is CC(C)NC(=O)C(C)N(Cc1ccc(Cl)cc1Cl)C(=O)CN(c1ccc(Cl)c(Cl)c1)S(=O)(=O)c1ccccc1. The summed E-state index contributed by atoms with van der Waals surface area (Å²) in [7, 11) is -4.22. The molecule has 39 heavy (non-hydrogen) atoms. The summed E-state index contributed by atoms with van der Waals surface area (Å²) in [4.78, 5) is 28.1. The van der Waals surface area contributed by atoms with Gasteiger partial charge in [-0.2, -0.15) is 0 Å². The van der Waals surface area contributed by atoms with Crippen LogP contribution in [0, 0.1) is 0 Å². The molecule has 2 amide bonds. The van der Waals surface area contributed by atoms with Gasteiger partial charge in [0.2, 0.25) is 11.8 Å². The van der Waals surface area contributed by atoms with Gasteiger partial charge in [-0.05, 0) is 68.8 Å². The molecule has 0 heterocycles. The quantitative estimate of drug-likeness (QED) is 0.279. The molecule has 3 aromatic carbocycles. The van der Waals surface area contributed by atoms with Gasteiger partial charge in [0.05, 0.1) is 20.6 Å². The predicted octanol–water partition coefficient (Wildman–Crippen LogP) is 6.44. The van der Waals surface area contributed by atoms with Crippen molar-refractivity contribution in [2.75, 3.05) is 10.8 Å². The minimum absolute atomic E-state index is 0.0261. The molecule has 3 rings (SSSR count). The van der Waals surface area contributed by atoms with Gasteiger partial charge in [-0.3, -0.25) is 13.9 Å². The van der Waals surface area contributed by atoms with Crippen molar-refractivity contribution in [2.24, 2.45) is 0 Å². The molecule has 0 aliphatic carbocycles. The number of hydrogen-bond acceptors (Lipinski definition) is 4. The van der Waals surface area contributed by atoms with Gasteiger partial charge >= 0.3 is 0 Å². The highest BCUT2D eigenvalue weighted by molar-refractivity contribution is 7.92. The van der Waals surface area contributed by atoms with E-state index >= 15 is 0 Å². The summed E-state index contributed by atoms with van der Waals surface area (Å²) in [5.74, 6) is -1.05. The van der Waals surface area contributed by atoms with Gasteiger partial charge in [0.15, 0.2) is 0 Å². The Morgan fingerprint density at radius 2 is 1.51 bits per heavy atom. The molecule has 7 nitrogen and oxygen atoms in total. The Bertz CT molecular complexity index is 1450. The lowest BCUT2D eigenvalue weighted by atomic mass is 10.1. The zero-order chi connectivity index (χ0) is 28.9. The summed E-state index contributed by atoms with van der Waals surface area (Å²) in [5.41, 5.74) is 0.663. The van der Waals surface area contributed by atoms with Gasteiger partial charge < -0.3 is 10.2 Å². The third kappa shape index (κ3) is 7.80. The summed E-state index contributed by atoms with van der Waals surface area (Å²) < 4.78 is 28.4. The highest BCUT2D eigenvalue weighted by Crippen LogP contribution is 2.31. The number of anilines is 1. The Morgan fingerprint density at radius 1 is 0.846 bits per heavy atom. The number of halogens is 4. The number of carbonyl (C=O) groups excluding carboxylic acids is 2. The van der Waals surface area contributed by atoms with E-state index in [0.717, 1.165) is 4.31 Å². The topological polar surface area (TPSA) is 86.8 Å². The Labute approximate surface area is 248 Å². The summed E-state index contributed by atoms with van der Waals surface area (Å²) in [6.45, 7) is 4.47. The number of nitrogens with one attached hydrogen (secondary N) is 1. The molecule has 0 aliphatic rings. The van der Waals surface area contributed by atoms with Crippen molar-refractivity contribution in [3.05, 3.63) is 92.4 Å². The molecule has 12 heteroatoms. The second kappa shape index (κ2) is 13.2. The molecule has 0 saturated carbocycles. The van der Waals surface area contributed by atoms with Crippen LogP contribution in [-0.2, 0) is 26.2 Å². The van der Waals surface area contributed by atoms with Crippen LogP contribution in [0.3, 0.4) is 0 Å². The van der Waals surface area contributed by atoms with Gasteiger partial charge in [-0.1, -0.05) is 70.7 Å². The Hall–Kier alpha value is -2.49. The molecule has 0 aliphatic heterocycles. The first-order valence-electron chi connectivity index (χ1n) is 11.9. The fourth-order valence-corrected chi connectivity index (χ4v) is 5.90. The van der Waals surface area contributed by atoms with E-state index < -0.39 is 34.4 Å². The normalized spacial score (nSPS) is 12.2. The lowest BCUT2D eigenvalue weighted by Gasteiger charge is -2.32. The van der Waals surface area contributed by atoms with Crippen LogP contribution in [0.1, 0.15) is 26.3 Å². The number of sulfonamides is 1. The minimum atomic E-state index is -4.22. The van der Waals surface area contributed by atoms with Gasteiger partial charge in [0, 0.05) is 22.6 Å². The van der Waals surface area contributed by atoms with Crippen LogP contribution >= 0.6 is 46.4 Å². The van der Waals surface area contributed by atoms with Crippen LogP contribution in [-0.4, -0.2) is 43.8 Å². The first kappa shape index (κ1) is 31.0. The van der Waals surface area contributed by atoms with Crippen molar-refractivity contribution in [1.29, 1.82) is 0 Å². The minimum Gasteiger partial charge on any atom is -0.352 e. The molecule has 1 atom stereocenters. The molecule has 0 bridgehead atoms. The van der Waals surface area contributed by atoms with E-state index in [9.17, 15) is 18.0 Å². The molecular formula is C27H27Cl4N3O4S. The van der Waals surface area contributed by atoms with Crippen molar-refractivity contribution in [3.63, 3.8) is 0 Å². The summed E-state index contributed by atoms with van der Waals surface area (Å²) in [5, 5.41) is 3.84. The maximum atomic E-state index is 13.9. The van der Waals surface area contributed by atoms with Crippen molar-refractivity contribution in [3.8, 4) is 0 Å². The molecule has 0 saturated heterocycles. The van der Waals surface area contributed by atoms with Gasteiger partial charge in [0.25, 0.3) is 10.0 Å². The number of amides is 2. The molecule has 208 valence electrons. The fourth-order valence-electron chi connectivity index (χ4n) is 3.71. The third-order valence-corrected chi connectivity index (χ3v) is 8.87. The van der Waals surface area contributed by atoms with Crippen molar-refractivity contribution < 1.29 is 18.0 Å². The molecule has 1 N–H and O–H groups in total. The lowest BCUT2D eigenvalue weighted by Crippen LogP contribution is -2.52. The van der Waals surface area contributed by atoms with Crippen LogP contribution < -0.4 is 9.62 Å². The predicted molar refractivity (Wildman–Crippen MR) is 157 cm³/mol. The third-order valence-electron chi connectivity index (χ3n) is 5.76. The Kier molecular flexibility index (Phi) is 10.5. The Balaban J connectivity index is 2.07. The van der Waals surface area contributed by atoms with Crippen molar-refractivity contribution in [2.45, 2.75) is 44.3 Å². The number of carbonyl (C=O) groups is 2. The first-order valence-corrected chi connectivity index (χ1v) is 14.8. The zero-order valence-electron chi connectivity index (χ0n) is 21.4. The van der Waals surface area contributed by atoms with Crippen LogP contribution in [0.25, 0.3) is 0 Å². The molecular weight excluding hydrogens is 604 g/mol. The number of nitrogens with zero attached hydrogens (tertiary/aromatic N) is 2.